The van der Waals surface area contributed by atoms with Crippen LogP contribution in [0.1, 0.15) is 25.0 Å². The van der Waals surface area contributed by atoms with Crippen LogP contribution in [-0.2, 0) is 4.74 Å². The lowest BCUT2D eigenvalue weighted by molar-refractivity contribution is 0.0817. The number of ether oxygens (including phenoxy) is 2. The molecule has 0 radical (unpaired) electrons. The summed E-state index contributed by atoms with van der Waals surface area (Å²) in [5.74, 6) is 1.46. The van der Waals surface area contributed by atoms with Crippen LogP contribution in [0.2, 0.25) is 0 Å². The maximum atomic E-state index is 5.82. The van der Waals surface area contributed by atoms with Crippen LogP contribution in [0.3, 0.4) is 0 Å². The zero-order valence-corrected chi connectivity index (χ0v) is 11.2. The highest BCUT2D eigenvalue weighted by molar-refractivity contribution is 5.53. The lowest BCUT2D eigenvalue weighted by Gasteiger charge is -2.12. The van der Waals surface area contributed by atoms with E-state index in [1.165, 1.54) is 0 Å². The molecule has 2 N–H and O–H groups in total. The van der Waals surface area contributed by atoms with Crippen molar-refractivity contribution in [3.63, 3.8) is 0 Å². The molecule has 0 fully saturated rings. The molecule has 17 heavy (non-hydrogen) atoms. The summed E-state index contributed by atoms with van der Waals surface area (Å²) in [5, 5.41) is 0. The van der Waals surface area contributed by atoms with Crippen LogP contribution in [0.4, 0.5) is 5.69 Å². The predicted octanol–water partition coefficient (Wildman–Crippen LogP) is 2.94. The average molecular weight is 237 g/mol. The van der Waals surface area contributed by atoms with Crippen LogP contribution in [0.15, 0.2) is 12.1 Å². The fourth-order valence-electron chi connectivity index (χ4n) is 1.50. The van der Waals surface area contributed by atoms with E-state index in [-0.39, 0.29) is 0 Å². The molecule has 0 bridgehead atoms. The van der Waals surface area contributed by atoms with Gasteiger partial charge in [0.2, 0.25) is 0 Å². The van der Waals surface area contributed by atoms with E-state index in [0.29, 0.717) is 19.1 Å². The van der Waals surface area contributed by atoms with E-state index in [1.54, 1.807) is 0 Å². The molecule has 3 heteroatoms. The van der Waals surface area contributed by atoms with Gasteiger partial charge in [-0.2, -0.15) is 0 Å². The summed E-state index contributed by atoms with van der Waals surface area (Å²) in [5.41, 5.74) is 8.75. The maximum Gasteiger partial charge on any atom is 0.122 e. The molecule has 0 amide bonds. The van der Waals surface area contributed by atoms with Crippen LogP contribution in [0.5, 0.6) is 5.75 Å². The molecule has 1 aromatic rings. The van der Waals surface area contributed by atoms with Crippen molar-refractivity contribution in [3.8, 4) is 5.75 Å². The van der Waals surface area contributed by atoms with Crippen molar-refractivity contribution in [1.82, 2.24) is 0 Å². The number of rotatable bonds is 6. The second-order valence-electron chi connectivity index (χ2n) is 4.79. The molecule has 0 aromatic heterocycles. The molecule has 0 aliphatic heterocycles. The number of benzene rings is 1. The van der Waals surface area contributed by atoms with Gasteiger partial charge < -0.3 is 15.2 Å². The van der Waals surface area contributed by atoms with Gasteiger partial charge in [0.25, 0.3) is 0 Å². The van der Waals surface area contributed by atoms with Crippen molar-refractivity contribution in [3.05, 3.63) is 23.3 Å². The number of aryl methyl sites for hydroxylation is 2. The average Bonchev–Trinajstić information content (AvgIpc) is 2.24. The molecule has 0 unspecified atom stereocenters. The van der Waals surface area contributed by atoms with Crippen LogP contribution < -0.4 is 10.5 Å². The van der Waals surface area contributed by atoms with Crippen molar-refractivity contribution in [2.45, 2.75) is 27.7 Å². The van der Waals surface area contributed by atoms with Crippen molar-refractivity contribution in [1.29, 1.82) is 0 Å². The van der Waals surface area contributed by atoms with E-state index in [9.17, 15) is 0 Å². The molecule has 0 heterocycles. The maximum absolute atomic E-state index is 5.82. The Morgan fingerprint density at radius 3 is 2.47 bits per heavy atom. The third-order valence-corrected chi connectivity index (χ3v) is 2.50. The van der Waals surface area contributed by atoms with E-state index in [1.807, 2.05) is 26.0 Å². The van der Waals surface area contributed by atoms with E-state index in [4.69, 9.17) is 15.2 Å². The Morgan fingerprint density at radius 1 is 1.12 bits per heavy atom. The minimum Gasteiger partial charge on any atom is -0.491 e. The SMILES string of the molecule is Cc1cc(OCCOCC(C)C)c(C)cc1N. The summed E-state index contributed by atoms with van der Waals surface area (Å²) in [4.78, 5) is 0. The molecule has 0 atom stereocenters. The van der Waals surface area contributed by atoms with Gasteiger partial charge >= 0.3 is 0 Å². The minimum atomic E-state index is 0.565. The standard InChI is InChI=1S/C14H23NO2/c1-10(2)9-16-5-6-17-14-8-11(3)13(15)7-12(14)4/h7-8,10H,5-6,9,15H2,1-4H3. The van der Waals surface area contributed by atoms with Gasteiger partial charge in [0, 0.05) is 12.3 Å². The fourth-order valence-corrected chi connectivity index (χ4v) is 1.50. The van der Waals surface area contributed by atoms with Gasteiger partial charge in [0.05, 0.1) is 6.61 Å². The van der Waals surface area contributed by atoms with Crippen molar-refractivity contribution >= 4 is 5.69 Å². The highest BCUT2D eigenvalue weighted by atomic mass is 16.5. The van der Waals surface area contributed by atoms with Crippen LogP contribution in [0.25, 0.3) is 0 Å². The molecule has 3 nitrogen and oxygen atoms in total. The molecule has 0 aliphatic rings. The quantitative estimate of drug-likeness (QED) is 0.611. The summed E-state index contributed by atoms with van der Waals surface area (Å²) >= 11 is 0. The monoisotopic (exact) mass is 237 g/mol. The van der Waals surface area contributed by atoms with Crippen LogP contribution in [-0.4, -0.2) is 19.8 Å². The number of anilines is 1. The Bertz CT molecular complexity index is 361. The Morgan fingerprint density at radius 2 is 1.82 bits per heavy atom. The normalized spacial score (nSPS) is 10.9. The molecule has 0 spiro atoms. The fraction of sp³-hybridized carbons (Fsp3) is 0.571. The predicted molar refractivity (Wildman–Crippen MR) is 71.5 cm³/mol. The van der Waals surface area contributed by atoms with Gasteiger partial charge in [0.15, 0.2) is 0 Å². The van der Waals surface area contributed by atoms with Gasteiger partial charge in [-0.05, 0) is 43.0 Å². The minimum absolute atomic E-state index is 0.565. The summed E-state index contributed by atoms with van der Waals surface area (Å²) in [6.07, 6.45) is 0. The van der Waals surface area contributed by atoms with E-state index < -0.39 is 0 Å². The zero-order chi connectivity index (χ0) is 12.8. The second kappa shape index (κ2) is 6.50. The van der Waals surface area contributed by atoms with Gasteiger partial charge in [-0.25, -0.2) is 0 Å². The first-order valence-corrected chi connectivity index (χ1v) is 6.08. The Hall–Kier alpha value is -1.22. The van der Waals surface area contributed by atoms with Gasteiger partial charge in [-0.1, -0.05) is 13.8 Å². The topological polar surface area (TPSA) is 44.5 Å². The summed E-state index contributed by atoms with van der Waals surface area (Å²) < 4.78 is 11.1. The molecule has 0 aliphatic carbocycles. The highest BCUT2D eigenvalue weighted by Gasteiger charge is 2.03. The number of nitrogen functional groups attached to an aromatic ring is 1. The van der Waals surface area contributed by atoms with Crippen molar-refractivity contribution in [2.24, 2.45) is 5.92 Å². The highest BCUT2D eigenvalue weighted by Crippen LogP contribution is 2.24. The van der Waals surface area contributed by atoms with E-state index in [2.05, 4.69) is 13.8 Å². The summed E-state index contributed by atoms with van der Waals surface area (Å²) in [6, 6.07) is 3.92. The molecule has 1 aromatic carbocycles. The van der Waals surface area contributed by atoms with Gasteiger partial charge in [-0.15, -0.1) is 0 Å². The molecule has 0 saturated heterocycles. The Kier molecular flexibility index (Phi) is 5.29. The molecule has 0 saturated carbocycles. The zero-order valence-electron chi connectivity index (χ0n) is 11.2. The van der Waals surface area contributed by atoms with Gasteiger partial charge in [-0.3, -0.25) is 0 Å². The first-order chi connectivity index (χ1) is 8.00. The largest absolute Gasteiger partial charge is 0.491 e. The van der Waals surface area contributed by atoms with Crippen molar-refractivity contribution < 1.29 is 9.47 Å². The lowest BCUT2D eigenvalue weighted by atomic mass is 10.1. The van der Waals surface area contributed by atoms with Crippen molar-refractivity contribution in [2.75, 3.05) is 25.6 Å². The molecular weight excluding hydrogens is 214 g/mol. The molecule has 96 valence electrons. The Labute approximate surface area is 104 Å². The summed E-state index contributed by atoms with van der Waals surface area (Å²) in [7, 11) is 0. The molecular formula is C14H23NO2. The van der Waals surface area contributed by atoms with E-state index >= 15 is 0 Å². The molecule has 1 rings (SSSR count). The third-order valence-electron chi connectivity index (χ3n) is 2.50. The first-order valence-electron chi connectivity index (χ1n) is 6.08. The second-order valence-corrected chi connectivity index (χ2v) is 4.79. The van der Waals surface area contributed by atoms with E-state index in [0.717, 1.165) is 29.2 Å². The number of hydrogen-bond donors (Lipinski definition) is 1. The van der Waals surface area contributed by atoms with Crippen LogP contribution in [0, 0.1) is 19.8 Å². The third kappa shape index (κ3) is 4.65. The van der Waals surface area contributed by atoms with Gasteiger partial charge in [0.1, 0.15) is 12.4 Å². The number of hydrogen-bond acceptors (Lipinski definition) is 3. The van der Waals surface area contributed by atoms with Crippen LogP contribution >= 0.6 is 0 Å². The first kappa shape index (κ1) is 13.8. The Balaban J connectivity index is 2.39. The number of nitrogens with two attached hydrogens (primary N) is 1. The smallest absolute Gasteiger partial charge is 0.122 e. The summed E-state index contributed by atoms with van der Waals surface area (Å²) in [6.45, 7) is 10.2. The lowest BCUT2D eigenvalue weighted by Crippen LogP contribution is -2.10.